The summed E-state index contributed by atoms with van der Waals surface area (Å²) in [5.41, 5.74) is 6.17. The number of anilines is 1. The molecule has 1 aliphatic rings. The zero-order valence-electron chi connectivity index (χ0n) is 9.28. The number of Topliss-reactive ketones (excluding diaryl/α,β-unsaturated/α-hetero) is 1. The summed E-state index contributed by atoms with van der Waals surface area (Å²) in [5.74, 6) is 0.346. The number of nitrogens with two attached hydrogens (primary N) is 1. The van der Waals surface area contributed by atoms with Crippen molar-refractivity contribution in [2.24, 2.45) is 0 Å². The monoisotopic (exact) mass is 219 g/mol. The van der Waals surface area contributed by atoms with Gasteiger partial charge in [-0.2, -0.15) is 0 Å². The maximum absolute atomic E-state index is 11.8. The normalized spacial score (nSPS) is 16.5. The first kappa shape index (κ1) is 11.1. The van der Waals surface area contributed by atoms with Crippen LogP contribution in [0.4, 0.5) is 5.82 Å². The van der Waals surface area contributed by atoms with Crippen molar-refractivity contribution >= 4 is 11.6 Å². The zero-order valence-corrected chi connectivity index (χ0v) is 9.28. The summed E-state index contributed by atoms with van der Waals surface area (Å²) in [7, 11) is 0. The number of ketones is 1. The van der Waals surface area contributed by atoms with Gasteiger partial charge in [-0.3, -0.25) is 4.79 Å². The average Bonchev–Trinajstić information content (AvgIpc) is 2.79. The lowest BCUT2D eigenvalue weighted by atomic mass is 10.1. The summed E-state index contributed by atoms with van der Waals surface area (Å²) in [6, 6.07) is 3.96. The van der Waals surface area contributed by atoms with Crippen molar-refractivity contribution in [1.82, 2.24) is 10.3 Å². The Morgan fingerprint density at radius 2 is 2.25 bits per heavy atom. The maximum atomic E-state index is 11.8. The van der Waals surface area contributed by atoms with E-state index in [-0.39, 0.29) is 5.78 Å². The second-order valence-corrected chi connectivity index (χ2v) is 4.22. The Kier molecular flexibility index (Phi) is 3.51. The topological polar surface area (TPSA) is 68.0 Å². The van der Waals surface area contributed by atoms with Crippen molar-refractivity contribution in [3.8, 4) is 0 Å². The van der Waals surface area contributed by atoms with E-state index in [0.29, 0.717) is 24.0 Å². The molecule has 1 fully saturated rings. The minimum absolute atomic E-state index is 0.0255. The summed E-state index contributed by atoms with van der Waals surface area (Å²) in [6.45, 7) is 0.362. The highest BCUT2D eigenvalue weighted by atomic mass is 16.1. The number of pyridine rings is 1. The van der Waals surface area contributed by atoms with E-state index in [1.807, 2.05) is 0 Å². The van der Waals surface area contributed by atoms with Crippen LogP contribution >= 0.6 is 0 Å². The molecule has 0 spiro atoms. The highest BCUT2D eigenvalue weighted by molar-refractivity contribution is 6.01. The first-order valence-corrected chi connectivity index (χ1v) is 5.74. The molecular weight excluding hydrogens is 202 g/mol. The minimum atomic E-state index is 0.0255. The summed E-state index contributed by atoms with van der Waals surface area (Å²) in [5, 5.41) is 3.27. The van der Waals surface area contributed by atoms with Crippen molar-refractivity contribution in [3.63, 3.8) is 0 Å². The Balaban J connectivity index is 1.90. The summed E-state index contributed by atoms with van der Waals surface area (Å²) in [6.07, 6.45) is 6.48. The molecule has 4 nitrogen and oxygen atoms in total. The fourth-order valence-electron chi connectivity index (χ4n) is 2.12. The molecule has 1 saturated carbocycles. The van der Waals surface area contributed by atoms with Gasteiger partial charge in [-0.05, 0) is 25.0 Å². The predicted molar refractivity (Wildman–Crippen MR) is 63.2 cm³/mol. The third-order valence-corrected chi connectivity index (χ3v) is 3.05. The van der Waals surface area contributed by atoms with Gasteiger partial charge in [-0.25, -0.2) is 4.98 Å². The first-order valence-electron chi connectivity index (χ1n) is 5.74. The van der Waals surface area contributed by atoms with Gasteiger partial charge in [-0.1, -0.05) is 12.8 Å². The number of nitrogens with zero attached hydrogens (tertiary/aromatic N) is 1. The van der Waals surface area contributed by atoms with Crippen LogP contribution in [0.25, 0.3) is 0 Å². The van der Waals surface area contributed by atoms with Gasteiger partial charge in [0, 0.05) is 12.2 Å². The Labute approximate surface area is 95.3 Å². The van der Waals surface area contributed by atoms with Crippen LogP contribution in [0.5, 0.6) is 0 Å². The van der Waals surface area contributed by atoms with Crippen LogP contribution < -0.4 is 11.1 Å². The molecular formula is C12H17N3O. The highest BCUT2D eigenvalue weighted by Crippen LogP contribution is 2.17. The number of hydrogen-bond donors (Lipinski definition) is 2. The van der Waals surface area contributed by atoms with Crippen molar-refractivity contribution < 1.29 is 4.79 Å². The van der Waals surface area contributed by atoms with Gasteiger partial charge < -0.3 is 11.1 Å². The van der Waals surface area contributed by atoms with E-state index < -0.39 is 0 Å². The molecule has 0 aliphatic heterocycles. The van der Waals surface area contributed by atoms with E-state index in [4.69, 9.17) is 5.73 Å². The summed E-state index contributed by atoms with van der Waals surface area (Å²) in [4.78, 5) is 15.7. The van der Waals surface area contributed by atoms with Crippen molar-refractivity contribution in [3.05, 3.63) is 23.9 Å². The van der Waals surface area contributed by atoms with Gasteiger partial charge in [0.15, 0.2) is 5.78 Å². The first-order chi connectivity index (χ1) is 7.77. The number of rotatable bonds is 4. The molecule has 86 valence electrons. The fraction of sp³-hybridized carbons (Fsp3) is 0.500. The molecule has 0 saturated heterocycles. The van der Waals surface area contributed by atoms with E-state index >= 15 is 0 Å². The number of carbonyl (C=O) groups excluding carboxylic acids is 1. The van der Waals surface area contributed by atoms with Crippen LogP contribution in [-0.4, -0.2) is 23.4 Å². The van der Waals surface area contributed by atoms with Gasteiger partial charge in [0.2, 0.25) is 0 Å². The van der Waals surface area contributed by atoms with Gasteiger partial charge in [0.1, 0.15) is 5.82 Å². The molecule has 2 rings (SSSR count). The summed E-state index contributed by atoms with van der Waals surface area (Å²) < 4.78 is 0. The van der Waals surface area contributed by atoms with Gasteiger partial charge in [-0.15, -0.1) is 0 Å². The SMILES string of the molecule is Nc1ncccc1C(=O)CNC1CCCC1. The molecule has 0 atom stereocenters. The highest BCUT2D eigenvalue weighted by Gasteiger charge is 2.16. The Bertz CT molecular complexity index is 372. The average molecular weight is 219 g/mol. The second-order valence-electron chi connectivity index (χ2n) is 4.22. The lowest BCUT2D eigenvalue weighted by molar-refractivity contribution is 0.0988. The lowest BCUT2D eigenvalue weighted by Gasteiger charge is -2.11. The van der Waals surface area contributed by atoms with E-state index in [1.54, 1.807) is 18.3 Å². The van der Waals surface area contributed by atoms with Gasteiger partial charge >= 0.3 is 0 Å². The van der Waals surface area contributed by atoms with Crippen molar-refractivity contribution in [2.75, 3.05) is 12.3 Å². The largest absolute Gasteiger partial charge is 0.383 e. The molecule has 1 aromatic rings. The smallest absolute Gasteiger partial charge is 0.180 e. The van der Waals surface area contributed by atoms with Crippen LogP contribution in [0.15, 0.2) is 18.3 Å². The van der Waals surface area contributed by atoms with E-state index in [2.05, 4.69) is 10.3 Å². The molecule has 0 unspecified atom stereocenters. The Morgan fingerprint density at radius 3 is 2.94 bits per heavy atom. The Morgan fingerprint density at radius 1 is 1.50 bits per heavy atom. The van der Waals surface area contributed by atoms with Crippen molar-refractivity contribution in [2.45, 2.75) is 31.7 Å². The lowest BCUT2D eigenvalue weighted by Crippen LogP contribution is -2.31. The number of carbonyl (C=O) groups is 1. The third kappa shape index (κ3) is 2.58. The Hall–Kier alpha value is -1.42. The minimum Gasteiger partial charge on any atom is -0.383 e. The molecule has 1 aromatic heterocycles. The zero-order chi connectivity index (χ0) is 11.4. The number of aromatic nitrogens is 1. The second kappa shape index (κ2) is 5.07. The number of nitrogens with one attached hydrogen (secondary N) is 1. The molecule has 0 radical (unpaired) electrons. The molecule has 0 amide bonds. The maximum Gasteiger partial charge on any atom is 0.180 e. The standard InChI is InChI=1S/C12H17N3O/c13-12-10(6-3-7-14-12)11(16)8-15-9-4-1-2-5-9/h3,6-7,9,15H,1-2,4-5,8H2,(H2,13,14). The van der Waals surface area contributed by atoms with E-state index in [9.17, 15) is 4.79 Å². The number of nitrogen functional groups attached to an aromatic ring is 1. The molecule has 0 aromatic carbocycles. The van der Waals surface area contributed by atoms with Crippen LogP contribution in [0.1, 0.15) is 36.0 Å². The van der Waals surface area contributed by atoms with Gasteiger partial charge in [0.25, 0.3) is 0 Å². The fourth-order valence-corrected chi connectivity index (χ4v) is 2.12. The quantitative estimate of drug-likeness (QED) is 0.751. The molecule has 0 bridgehead atoms. The van der Waals surface area contributed by atoms with Crippen LogP contribution in [-0.2, 0) is 0 Å². The molecule has 4 heteroatoms. The van der Waals surface area contributed by atoms with E-state index in [1.165, 1.54) is 25.7 Å². The summed E-state index contributed by atoms with van der Waals surface area (Å²) >= 11 is 0. The van der Waals surface area contributed by atoms with Gasteiger partial charge in [0.05, 0.1) is 12.1 Å². The van der Waals surface area contributed by atoms with Crippen molar-refractivity contribution in [1.29, 1.82) is 0 Å². The number of hydrogen-bond acceptors (Lipinski definition) is 4. The van der Waals surface area contributed by atoms with E-state index in [0.717, 1.165) is 0 Å². The van der Waals surface area contributed by atoms with Crippen LogP contribution in [0.3, 0.4) is 0 Å². The van der Waals surface area contributed by atoms with Crippen LogP contribution in [0, 0.1) is 0 Å². The third-order valence-electron chi connectivity index (χ3n) is 3.05. The van der Waals surface area contributed by atoms with Crippen LogP contribution in [0.2, 0.25) is 0 Å². The molecule has 1 heterocycles. The molecule has 16 heavy (non-hydrogen) atoms. The predicted octanol–water partition coefficient (Wildman–Crippen LogP) is 1.38. The molecule has 1 aliphatic carbocycles. The molecule has 3 N–H and O–H groups in total.